The van der Waals surface area contributed by atoms with Crippen molar-refractivity contribution < 1.29 is 14.3 Å². The number of carbonyl (C=O) groups is 2. The lowest BCUT2D eigenvalue weighted by Crippen LogP contribution is -2.34. The minimum Gasteiger partial charge on any atom is -0.366 e. The predicted molar refractivity (Wildman–Crippen MR) is 40.2 cm³/mol. The second kappa shape index (κ2) is 1.91. The number of nitriles is 1. The SMILES string of the molecule is COC12CC1(C#N)C(=O)N(C)C2=O. The fourth-order valence-corrected chi connectivity index (χ4v) is 2.00. The van der Waals surface area contributed by atoms with Gasteiger partial charge in [-0.3, -0.25) is 14.5 Å². The zero-order chi connectivity index (χ0) is 9.85. The number of nitrogens with zero attached hydrogens (tertiary/aromatic N) is 2. The molecule has 5 nitrogen and oxygen atoms in total. The van der Waals surface area contributed by atoms with E-state index in [-0.39, 0.29) is 6.42 Å². The lowest BCUT2D eigenvalue weighted by atomic mass is 10.1. The van der Waals surface area contributed by atoms with Crippen LogP contribution in [0.25, 0.3) is 0 Å². The maximum atomic E-state index is 11.5. The van der Waals surface area contributed by atoms with Gasteiger partial charge >= 0.3 is 0 Å². The van der Waals surface area contributed by atoms with Crippen molar-refractivity contribution in [3.63, 3.8) is 0 Å². The highest BCUT2D eigenvalue weighted by molar-refractivity contribution is 6.17. The molecular formula is C8H8N2O3. The number of hydrogen-bond acceptors (Lipinski definition) is 4. The Balaban J connectivity index is 2.52. The Morgan fingerprint density at radius 3 is 2.54 bits per heavy atom. The number of carbonyl (C=O) groups excluding carboxylic acids is 2. The maximum Gasteiger partial charge on any atom is 0.263 e. The minimum absolute atomic E-state index is 0.203. The number of imide groups is 1. The summed E-state index contributed by atoms with van der Waals surface area (Å²) in [7, 11) is 2.72. The first-order valence-corrected chi connectivity index (χ1v) is 3.85. The van der Waals surface area contributed by atoms with Crippen LogP contribution in [0.1, 0.15) is 6.42 Å². The molecule has 68 valence electrons. The standard InChI is InChI=1S/C8H8N2O3/c1-10-5(11)7(4-9)3-8(7,13-2)6(10)12/h3H2,1-2H3. The van der Waals surface area contributed by atoms with Crippen LogP contribution in [0.5, 0.6) is 0 Å². The Morgan fingerprint density at radius 1 is 1.54 bits per heavy atom. The van der Waals surface area contributed by atoms with Gasteiger partial charge in [0.25, 0.3) is 11.8 Å². The Hall–Kier alpha value is -1.41. The molecule has 2 fully saturated rings. The van der Waals surface area contributed by atoms with Crippen molar-refractivity contribution in [1.29, 1.82) is 5.26 Å². The number of ether oxygens (including phenoxy) is 1. The average molecular weight is 180 g/mol. The highest BCUT2D eigenvalue weighted by atomic mass is 16.5. The van der Waals surface area contributed by atoms with Crippen LogP contribution in [0.4, 0.5) is 0 Å². The van der Waals surface area contributed by atoms with Crippen molar-refractivity contribution in [3.05, 3.63) is 0 Å². The molecule has 0 N–H and O–H groups in total. The molecule has 0 aromatic rings. The molecule has 2 rings (SSSR count). The number of fused-ring (bicyclic) bond motifs is 1. The summed E-state index contributed by atoms with van der Waals surface area (Å²) in [4.78, 5) is 23.9. The molecule has 0 radical (unpaired) electrons. The third kappa shape index (κ3) is 0.553. The molecule has 2 aliphatic rings. The number of likely N-dealkylation sites (tertiary alicyclic amines) is 1. The van der Waals surface area contributed by atoms with Gasteiger partial charge in [0.1, 0.15) is 0 Å². The zero-order valence-corrected chi connectivity index (χ0v) is 7.33. The molecular weight excluding hydrogens is 172 g/mol. The van der Waals surface area contributed by atoms with Crippen molar-refractivity contribution in [2.75, 3.05) is 14.2 Å². The first-order chi connectivity index (χ1) is 6.05. The number of piperidine rings is 1. The summed E-state index contributed by atoms with van der Waals surface area (Å²) in [6.45, 7) is 0. The monoisotopic (exact) mass is 180 g/mol. The van der Waals surface area contributed by atoms with Crippen LogP contribution in [0.3, 0.4) is 0 Å². The number of amides is 2. The number of hydrogen-bond donors (Lipinski definition) is 0. The van der Waals surface area contributed by atoms with Gasteiger partial charge in [0.05, 0.1) is 6.07 Å². The number of likely N-dealkylation sites (N-methyl/N-ethyl adjacent to an activating group) is 1. The van der Waals surface area contributed by atoms with Gasteiger partial charge in [-0.25, -0.2) is 0 Å². The van der Waals surface area contributed by atoms with Gasteiger partial charge in [-0.15, -0.1) is 0 Å². The second-order valence-corrected chi connectivity index (χ2v) is 3.39. The van der Waals surface area contributed by atoms with Crippen LogP contribution >= 0.6 is 0 Å². The highest BCUT2D eigenvalue weighted by Crippen LogP contribution is 2.63. The lowest BCUT2D eigenvalue weighted by molar-refractivity contribution is -0.144. The Bertz CT molecular complexity index is 359. The lowest BCUT2D eigenvalue weighted by Gasteiger charge is -2.11. The third-order valence-corrected chi connectivity index (χ3v) is 2.94. The first kappa shape index (κ1) is 8.20. The molecule has 0 spiro atoms. The van der Waals surface area contributed by atoms with Crippen LogP contribution in [-0.2, 0) is 14.3 Å². The van der Waals surface area contributed by atoms with E-state index in [1.54, 1.807) is 0 Å². The largest absolute Gasteiger partial charge is 0.366 e. The third-order valence-electron chi connectivity index (χ3n) is 2.94. The average Bonchev–Trinajstić information content (AvgIpc) is 2.81. The molecule has 0 aromatic carbocycles. The van der Waals surface area contributed by atoms with E-state index in [0.29, 0.717) is 0 Å². The summed E-state index contributed by atoms with van der Waals surface area (Å²) in [5, 5.41) is 8.84. The van der Waals surface area contributed by atoms with Crippen LogP contribution in [0.2, 0.25) is 0 Å². The van der Waals surface area contributed by atoms with Crippen molar-refractivity contribution in [2.24, 2.45) is 5.41 Å². The quantitative estimate of drug-likeness (QED) is 0.499. The molecule has 1 saturated heterocycles. The number of rotatable bonds is 1. The molecule has 1 aliphatic heterocycles. The van der Waals surface area contributed by atoms with E-state index in [9.17, 15) is 9.59 Å². The predicted octanol–water partition coefficient (Wildman–Crippen LogP) is -0.716. The van der Waals surface area contributed by atoms with Crippen LogP contribution in [-0.4, -0.2) is 36.5 Å². The van der Waals surface area contributed by atoms with Gasteiger partial charge in [0.2, 0.25) is 0 Å². The zero-order valence-electron chi connectivity index (χ0n) is 7.33. The molecule has 1 aliphatic carbocycles. The molecule has 2 unspecified atom stereocenters. The van der Waals surface area contributed by atoms with Crippen LogP contribution < -0.4 is 0 Å². The van der Waals surface area contributed by atoms with Gasteiger partial charge in [-0.05, 0) is 0 Å². The second-order valence-electron chi connectivity index (χ2n) is 3.39. The van der Waals surface area contributed by atoms with Crippen molar-refractivity contribution >= 4 is 11.8 Å². The van der Waals surface area contributed by atoms with E-state index >= 15 is 0 Å². The molecule has 2 atom stereocenters. The Kier molecular flexibility index (Phi) is 1.20. The topological polar surface area (TPSA) is 70.4 Å². The van der Waals surface area contributed by atoms with Crippen molar-refractivity contribution in [3.8, 4) is 6.07 Å². The summed E-state index contributed by atoms with van der Waals surface area (Å²) >= 11 is 0. The normalized spacial score (nSPS) is 41.8. The number of methoxy groups -OCH3 is 1. The van der Waals surface area contributed by atoms with Gasteiger partial charge < -0.3 is 4.74 Å². The van der Waals surface area contributed by atoms with E-state index in [2.05, 4.69) is 0 Å². The molecule has 0 bridgehead atoms. The molecule has 1 heterocycles. The molecule has 2 amide bonds. The fraction of sp³-hybridized carbons (Fsp3) is 0.625. The molecule has 5 heteroatoms. The summed E-state index contributed by atoms with van der Waals surface area (Å²) in [6, 6.07) is 1.88. The van der Waals surface area contributed by atoms with E-state index in [1.165, 1.54) is 14.2 Å². The summed E-state index contributed by atoms with van der Waals surface area (Å²) in [6.07, 6.45) is 0.203. The van der Waals surface area contributed by atoms with Gasteiger partial charge in [-0.1, -0.05) is 0 Å². The van der Waals surface area contributed by atoms with Gasteiger partial charge in [-0.2, -0.15) is 5.26 Å². The Labute approximate surface area is 74.9 Å². The fourth-order valence-electron chi connectivity index (χ4n) is 2.00. The molecule has 0 aromatic heterocycles. The van der Waals surface area contributed by atoms with Gasteiger partial charge in [0, 0.05) is 20.6 Å². The van der Waals surface area contributed by atoms with E-state index in [1.807, 2.05) is 6.07 Å². The van der Waals surface area contributed by atoms with Crippen LogP contribution in [0.15, 0.2) is 0 Å². The van der Waals surface area contributed by atoms with Crippen molar-refractivity contribution in [1.82, 2.24) is 4.90 Å². The summed E-state index contributed by atoms with van der Waals surface area (Å²) < 4.78 is 4.99. The highest BCUT2D eigenvalue weighted by Gasteiger charge is 2.84. The minimum atomic E-state index is -1.23. The van der Waals surface area contributed by atoms with Gasteiger partial charge in [0.15, 0.2) is 11.0 Å². The summed E-state index contributed by atoms with van der Waals surface area (Å²) in [5.74, 6) is -0.844. The maximum absolute atomic E-state index is 11.5. The Morgan fingerprint density at radius 2 is 2.15 bits per heavy atom. The molecule has 13 heavy (non-hydrogen) atoms. The first-order valence-electron chi connectivity index (χ1n) is 3.85. The molecule has 1 saturated carbocycles. The van der Waals surface area contributed by atoms with Crippen LogP contribution in [0, 0.1) is 16.7 Å². The smallest absolute Gasteiger partial charge is 0.263 e. The van der Waals surface area contributed by atoms with E-state index < -0.39 is 22.8 Å². The summed E-state index contributed by atoms with van der Waals surface area (Å²) in [5.41, 5.74) is -2.40. The van der Waals surface area contributed by atoms with E-state index in [0.717, 1.165) is 4.90 Å². The van der Waals surface area contributed by atoms with Crippen molar-refractivity contribution in [2.45, 2.75) is 12.0 Å². The van der Waals surface area contributed by atoms with E-state index in [4.69, 9.17) is 10.00 Å².